The van der Waals surface area contributed by atoms with Crippen molar-refractivity contribution in [1.29, 1.82) is 0 Å². The zero-order valence-corrected chi connectivity index (χ0v) is 7.35. The zero-order valence-electron chi connectivity index (χ0n) is 7.35. The Balaban J connectivity index is 2.95. The van der Waals surface area contributed by atoms with E-state index in [1.54, 1.807) is 0 Å². The van der Waals surface area contributed by atoms with Gasteiger partial charge in [0.25, 0.3) is 0 Å². The number of allylic oxidation sites excluding steroid dienone is 4. The third-order valence-electron chi connectivity index (χ3n) is 1.84. The minimum absolute atomic E-state index is 0.162. The molecule has 0 aromatic heterocycles. The summed E-state index contributed by atoms with van der Waals surface area (Å²) in [5, 5.41) is 0. The maximum atomic E-state index is 10.5. The minimum atomic E-state index is 0.162. The van der Waals surface area contributed by atoms with Crippen LogP contribution in [0.1, 0.15) is 27.2 Å². The van der Waals surface area contributed by atoms with E-state index in [9.17, 15) is 4.79 Å². The molecule has 0 aromatic carbocycles. The number of hydrogen-bond acceptors (Lipinski definition) is 1. The van der Waals surface area contributed by atoms with E-state index in [2.05, 4.69) is 20.8 Å². The van der Waals surface area contributed by atoms with Crippen LogP contribution in [0.15, 0.2) is 23.3 Å². The molecule has 0 aliphatic heterocycles. The summed E-state index contributed by atoms with van der Waals surface area (Å²) in [6, 6.07) is 0. The molecule has 1 aliphatic rings. The minimum Gasteiger partial charge on any atom is -0.298 e. The lowest BCUT2D eigenvalue weighted by Gasteiger charge is -2.24. The van der Waals surface area contributed by atoms with Crippen LogP contribution in [0.4, 0.5) is 0 Å². The molecule has 60 valence electrons. The van der Waals surface area contributed by atoms with Crippen molar-refractivity contribution < 1.29 is 4.79 Å². The van der Waals surface area contributed by atoms with Gasteiger partial charge in [-0.3, -0.25) is 4.79 Å². The quantitative estimate of drug-likeness (QED) is 0.525. The summed E-state index contributed by atoms with van der Waals surface area (Å²) in [4.78, 5) is 10.5. The summed E-state index contributed by atoms with van der Waals surface area (Å²) in [7, 11) is 0. The van der Waals surface area contributed by atoms with Gasteiger partial charge in [0.1, 0.15) is 6.29 Å². The summed E-state index contributed by atoms with van der Waals surface area (Å²) >= 11 is 0. The van der Waals surface area contributed by atoms with Crippen molar-refractivity contribution in [3.05, 3.63) is 23.3 Å². The molecule has 0 heterocycles. The van der Waals surface area contributed by atoms with Gasteiger partial charge in [-0.1, -0.05) is 31.6 Å². The SMILES string of the molecule is CC1=CC(C=O)=CC(C)(C)C1. The maximum absolute atomic E-state index is 10.5. The van der Waals surface area contributed by atoms with Crippen LogP contribution in [0.2, 0.25) is 0 Å². The Morgan fingerprint density at radius 2 is 2.18 bits per heavy atom. The van der Waals surface area contributed by atoms with Gasteiger partial charge in [0.2, 0.25) is 0 Å². The number of rotatable bonds is 1. The monoisotopic (exact) mass is 150 g/mol. The van der Waals surface area contributed by atoms with Crippen LogP contribution in [-0.2, 0) is 4.79 Å². The van der Waals surface area contributed by atoms with Gasteiger partial charge < -0.3 is 0 Å². The molecule has 0 N–H and O–H groups in total. The Morgan fingerprint density at radius 1 is 1.55 bits per heavy atom. The van der Waals surface area contributed by atoms with Crippen molar-refractivity contribution >= 4 is 6.29 Å². The van der Waals surface area contributed by atoms with Crippen LogP contribution in [0.5, 0.6) is 0 Å². The molecule has 0 saturated heterocycles. The first-order valence-electron chi connectivity index (χ1n) is 3.89. The molecular weight excluding hydrogens is 136 g/mol. The van der Waals surface area contributed by atoms with Crippen molar-refractivity contribution in [2.45, 2.75) is 27.2 Å². The van der Waals surface area contributed by atoms with E-state index in [1.165, 1.54) is 5.57 Å². The molecule has 0 unspecified atom stereocenters. The lowest BCUT2D eigenvalue weighted by Crippen LogP contribution is -2.12. The van der Waals surface area contributed by atoms with Gasteiger partial charge >= 0.3 is 0 Å². The molecule has 0 amide bonds. The second-order valence-corrected chi connectivity index (χ2v) is 3.92. The summed E-state index contributed by atoms with van der Waals surface area (Å²) in [5.41, 5.74) is 2.27. The fourth-order valence-electron chi connectivity index (χ4n) is 1.67. The van der Waals surface area contributed by atoms with E-state index >= 15 is 0 Å². The third kappa shape index (κ3) is 2.04. The smallest absolute Gasteiger partial charge is 0.149 e. The van der Waals surface area contributed by atoms with Crippen LogP contribution >= 0.6 is 0 Å². The summed E-state index contributed by atoms with van der Waals surface area (Å²) in [5.74, 6) is 0. The molecule has 0 aromatic rings. The van der Waals surface area contributed by atoms with Crippen molar-refractivity contribution in [1.82, 2.24) is 0 Å². The van der Waals surface area contributed by atoms with E-state index < -0.39 is 0 Å². The van der Waals surface area contributed by atoms with Gasteiger partial charge in [-0.2, -0.15) is 0 Å². The fourth-order valence-corrected chi connectivity index (χ4v) is 1.67. The topological polar surface area (TPSA) is 17.1 Å². The first kappa shape index (κ1) is 8.25. The Kier molecular flexibility index (Phi) is 1.99. The number of carbonyl (C=O) groups is 1. The van der Waals surface area contributed by atoms with Crippen LogP contribution in [-0.4, -0.2) is 6.29 Å². The van der Waals surface area contributed by atoms with Crippen LogP contribution in [0.25, 0.3) is 0 Å². The molecule has 0 spiro atoms. The molecule has 1 aliphatic carbocycles. The number of carbonyl (C=O) groups excluding carboxylic acids is 1. The summed E-state index contributed by atoms with van der Waals surface area (Å²) < 4.78 is 0. The second kappa shape index (κ2) is 2.65. The predicted molar refractivity (Wildman–Crippen MR) is 46.3 cm³/mol. The van der Waals surface area contributed by atoms with E-state index in [1.807, 2.05) is 12.2 Å². The number of aldehydes is 1. The maximum Gasteiger partial charge on any atom is 0.149 e. The molecule has 0 bridgehead atoms. The van der Waals surface area contributed by atoms with Crippen molar-refractivity contribution in [2.24, 2.45) is 5.41 Å². The highest BCUT2D eigenvalue weighted by Gasteiger charge is 2.19. The van der Waals surface area contributed by atoms with E-state index in [-0.39, 0.29) is 5.41 Å². The molecule has 0 fully saturated rings. The van der Waals surface area contributed by atoms with Gasteiger partial charge in [0.05, 0.1) is 0 Å². The third-order valence-corrected chi connectivity index (χ3v) is 1.84. The average molecular weight is 150 g/mol. The molecule has 1 nitrogen and oxygen atoms in total. The van der Waals surface area contributed by atoms with Crippen LogP contribution < -0.4 is 0 Å². The van der Waals surface area contributed by atoms with Crippen LogP contribution in [0, 0.1) is 5.41 Å². The first-order valence-corrected chi connectivity index (χ1v) is 3.89. The molecule has 0 saturated carbocycles. The molecule has 1 rings (SSSR count). The van der Waals surface area contributed by atoms with E-state index in [4.69, 9.17) is 0 Å². The Labute approximate surface area is 67.8 Å². The van der Waals surface area contributed by atoms with E-state index in [0.717, 1.165) is 18.3 Å². The Hall–Kier alpha value is -0.850. The largest absolute Gasteiger partial charge is 0.298 e. The van der Waals surface area contributed by atoms with Gasteiger partial charge in [-0.25, -0.2) is 0 Å². The zero-order chi connectivity index (χ0) is 8.48. The van der Waals surface area contributed by atoms with Crippen molar-refractivity contribution in [3.63, 3.8) is 0 Å². The van der Waals surface area contributed by atoms with Crippen molar-refractivity contribution in [3.8, 4) is 0 Å². The van der Waals surface area contributed by atoms with Gasteiger partial charge in [0.15, 0.2) is 0 Å². The van der Waals surface area contributed by atoms with E-state index in [0.29, 0.717) is 0 Å². The predicted octanol–water partition coefficient (Wildman–Crippen LogP) is 2.49. The number of hydrogen-bond donors (Lipinski definition) is 0. The second-order valence-electron chi connectivity index (χ2n) is 3.92. The van der Waals surface area contributed by atoms with Gasteiger partial charge in [-0.15, -0.1) is 0 Å². The fraction of sp³-hybridized carbons (Fsp3) is 0.500. The molecule has 0 radical (unpaired) electrons. The lowest BCUT2D eigenvalue weighted by molar-refractivity contribution is -0.104. The molecule has 0 atom stereocenters. The highest BCUT2D eigenvalue weighted by Crippen LogP contribution is 2.32. The lowest BCUT2D eigenvalue weighted by atomic mass is 9.80. The molecule has 11 heavy (non-hydrogen) atoms. The van der Waals surface area contributed by atoms with Gasteiger partial charge in [-0.05, 0) is 18.8 Å². The summed E-state index contributed by atoms with van der Waals surface area (Å²) in [6.07, 6.45) is 5.97. The average Bonchev–Trinajstić information content (AvgIpc) is 1.83. The van der Waals surface area contributed by atoms with Gasteiger partial charge in [0, 0.05) is 5.57 Å². The summed E-state index contributed by atoms with van der Waals surface area (Å²) in [6.45, 7) is 6.36. The molecular formula is C10H14O. The first-order chi connectivity index (χ1) is 5.03. The highest BCUT2D eigenvalue weighted by molar-refractivity contribution is 5.78. The highest BCUT2D eigenvalue weighted by atomic mass is 16.1. The normalized spacial score (nSPS) is 22.1. The Bertz CT molecular complexity index is 231. The van der Waals surface area contributed by atoms with Crippen LogP contribution in [0.3, 0.4) is 0 Å². The Morgan fingerprint density at radius 3 is 2.64 bits per heavy atom. The molecule has 1 heteroatoms. The standard InChI is InChI=1S/C10H14O/c1-8-4-9(7-11)6-10(2,3)5-8/h4,6-7H,5H2,1-3H3. The van der Waals surface area contributed by atoms with Crippen molar-refractivity contribution in [2.75, 3.05) is 0 Å².